The van der Waals surface area contributed by atoms with E-state index in [1.54, 1.807) is 7.11 Å². The third-order valence-corrected chi connectivity index (χ3v) is 8.08. The lowest BCUT2D eigenvalue weighted by Crippen LogP contribution is -2.23. The fourth-order valence-electron chi connectivity index (χ4n) is 6.58. The average molecular weight is 371 g/mol. The first-order valence-electron chi connectivity index (χ1n) is 11.2. The van der Waals surface area contributed by atoms with E-state index in [2.05, 4.69) is 12.1 Å². The topological polar surface area (TPSA) is 27.7 Å². The Hall–Kier alpha value is -1.06. The zero-order valence-electron chi connectivity index (χ0n) is 16.6. The van der Waals surface area contributed by atoms with Gasteiger partial charge in [0, 0.05) is 5.56 Å². The number of hydrogen-bond donors (Lipinski definition) is 0. The molecule has 0 radical (unpaired) electrons. The highest BCUT2D eigenvalue weighted by Gasteiger charge is 2.41. The summed E-state index contributed by atoms with van der Waals surface area (Å²) in [5.74, 6) is 6.12. The zero-order chi connectivity index (χ0) is 18.2. The van der Waals surface area contributed by atoms with Gasteiger partial charge in [0.1, 0.15) is 5.75 Å². The van der Waals surface area contributed by atoms with Crippen LogP contribution in [-0.2, 0) is 9.47 Å². The summed E-state index contributed by atoms with van der Waals surface area (Å²) in [6.45, 7) is 1.71. The lowest BCUT2D eigenvalue weighted by Gasteiger charge is -2.28. The molecule has 4 aliphatic carbocycles. The van der Waals surface area contributed by atoms with Gasteiger partial charge in [-0.3, -0.25) is 0 Å². The van der Waals surface area contributed by atoms with E-state index < -0.39 is 0 Å². The summed E-state index contributed by atoms with van der Waals surface area (Å²) in [6, 6.07) is 8.24. The summed E-state index contributed by atoms with van der Waals surface area (Å²) < 4.78 is 18.1. The van der Waals surface area contributed by atoms with Crippen LogP contribution in [-0.4, -0.2) is 20.3 Å². The molecule has 1 aromatic rings. The molecule has 0 aromatic heterocycles. The summed E-state index contributed by atoms with van der Waals surface area (Å²) in [6.07, 6.45) is 11.1. The van der Waals surface area contributed by atoms with Gasteiger partial charge in [0.25, 0.3) is 0 Å². The number of methoxy groups -OCH3 is 1. The first-order chi connectivity index (χ1) is 13.3. The molecule has 5 rings (SSSR count). The number of benzene rings is 1. The molecule has 0 amide bonds. The van der Waals surface area contributed by atoms with Crippen LogP contribution in [0, 0.1) is 35.5 Å². The molecular weight excluding hydrogens is 336 g/mol. The minimum Gasteiger partial charge on any atom is -0.497 e. The number of fused-ring (bicyclic) bond motifs is 4. The molecular formula is C24H34O3. The molecule has 148 valence electrons. The number of ether oxygens (including phenoxy) is 3. The molecule has 0 N–H and O–H groups in total. The lowest BCUT2D eigenvalue weighted by atomic mass is 9.89. The molecule has 27 heavy (non-hydrogen) atoms. The normalized spacial score (nSPS) is 37.8. The molecule has 0 spiro atoms. The largest absolute Gasteiger partial charge is 0.497 e. The predicted octanol–water partition coefficient (Wildman–Crippen LogP) is 5.60. The van der Waals surface area contributed by atoms with Gasteiger partial charge in [0.15, 0.2) is 6.29 Å². The quantitative estimate of drug-likeness (QED) is 0.558. The predicted molar refractivity (Wildman–Crippen MR) is 106 cm³/mol. The van der Waals surface area contributed by atoms with Crippen molar-refractivity contribution in [2.45, 2.75) is 57.7 Å². The second-order valence-electron chi connectivity index (χ2n) is 9.64. The minimum atomic E-state index is -0.228. The third-order valence-electron chi connectivity index (χ3n) is 8.08. The molecule has 4 saturated carbocycles. The fourth-order valence-corrected chi connectivity index (χ4v) is 6.58. The van der Waals surface area contributed by atoms with Crippen LogP contribution < -0.4 is 4.74 Å². The molecule has 3 nitrogen and oxygen atoms in total. The molecule has 3 heteroatoms. The summed E-state index contributed by atoms with van der Waals surface area (Å²) >= 11 is 0. The summed E-state index contributed by atoms with van der Waals surface area (Å²) in [5, 5.41) is 0. The molecule has 7 atom stereocenters. The molecule has 4 aliphatic rings. The lowest BCUT2D eigenvalue weighted by molar-refractivity contribution is -0.166. The Morgan fingerprint density at radius 1 is 0.778 bits per heavy atom. The SMILES string of the molecule is COc1ccc(C(OC[C@@H]2C[C@@H]3CC[C@@H]2C3)OC[C@H]2C[C@H]3CC[C@@H]2C3)cc1. The van der Waals surface area contributed by atoms with Crippen molar-refractivity contribution < 1.29 is 14.2 Å². The molecule has 4 fully saturated rings. The maximum absolute atomic E-state index is 6.42. The third kappa shape index (κ3) is 3.78. The van der Waals surface area contributed by atoms with E-state index in [4.69, 9.17) is 14.2 Å². The van der Waals surface area contributed by atoms with Crippen LogP contribution in [0.1, 0.15) is 63.2 Å². The monoisotopic (exact) mass is 370 g/mol. The minimum absolute atomic E-state index is 0.228. The molecule has 1 aromatic carbocycles. The fraction of sp³-hybridized carbons (Fsp3) is 0.750. The van der Waals surface area contributed by atoms with Crippen LogP contribution in [0.2, 0.25) is 0 Å². The van der Waals surface area contributed by atoms with Gasteiger partial charge in [-0.15, -0.1) is 0 Å². The van der Waals surface area contributed by atoms with Crippen molar-refractivity contribution in [2.24, 2.45) is 35.5 Å². The Balaban J connectivity index is 1.22. The van der Waals surface area contributed by atoms with E-state index in [1.807, 2.05) is 12.1 Å². The highest BCUT2D eigenvalue weighted by atomic mass is 16.7. The van der Waals surface area contributed by atoms with Gasteiger partial charge in [-0.2, -0.15) is 0 Å². The highest BCUT2D eigenvalue weighted by molar-refractivity contribution is 5.27. The van der Waals surface area contributed by atoms with Crippen LogP contribution >= 0.6 is 0 Å². The first kappa shape index (κ1) is 18.0. The van der Waals surface area contributed by atoms with Crippen molar-refractivity contribution in [3.63, 3.8) is 0 Å². The van der Waals surface area contributed by atoms with Crippen molar-refractivity contribution in [3.8, 4) is 5.75 Å². The van der Waals surface area contributed by atoms with Gasteiger partial charge in [0.05, 0.1) is 20.3 Å². The van der Waals surface area contributed by atoms with Gasteiger partial charge in [-0.25, -0.2) is 0 Å². The van der Waals surface area contributed by atoms with Crippen LogP contribution in [0.3, 0.4) is 0 Å². The molecule has 0 saturated heterocycles. The van der Waals surface area contributed by atoms with Crippen molar-refractivity contribution in [3.05, 3.63) is 29.8 Å². The van der Waals surface area contributed by atoms with E-state index in [9.17, 15) is 0 Å². The Morgan fingerprint density at radius 3 is 1.74 bits per heavy atom. The molecule has 0 aliphatic heterocycles. The van der Waals surface area contributed by atoms with E-state index >= 15 is 0 Å². The van der Waals surface area contributed by atoms with Crippen molar-refractivity contribution in [2.75, 3.05) is 20.3 Å². The first-order valence-corrected chi connectivity index (χ1v) is 11.2. The highest BCUT2D eigenvalue weighted by Crippen LogP contribution is 2.50. The maximum Gasteiger partial charge on any atom is 0.183 e. The molecule has 4 bridgehead atoms. The Bertz CT molecular complexity index is 595. The van der Waals surface area contributed by atoms with E-state index in [0.717, 1.165) is 60.0 Å². The summed E-state index contributed by atoms with van der Waals surface area (Å²) in [5.41, 5.74) is 1.13. The van der Waals surface area contributed by atoms with Gasteiger partial charge in [-0.05, 0) is 86.2 Å². The zero-order valence-corrected chi connectivity index (χ0v) is 16.6. The molecule has 1 unspecified atom stereocenters. The number of hydrogen-bond acceptors (Lipinski definition) is 3. The molecule has 0 heterocycles. The van der Waals surface area contributed by atoms with Gasteiger partial charge in [-0.1, -0.05) is 25.0 Å². The van der Waals surface area contributed by atoms with Crippen LogP contribution in [0.15, 0.2) is 24.3 Å². The van der Waals surface area contributed by atoms with E-state index in [1.165, 1.54) is 51.4 Å². The van der Waals surface area contributed by atoms with E-state index in [-0.39, 0.29) is 6.29 Å². The van der Waals surface area contributed by atoms with Crippen LogP contribution in [0.5, 0.6) is 5.75 Å². The Kier molecular flexibility index (Phi) is 5.17. The van der Waals surface area contributed by atoms with E-state index in [0.29, 0.717) is 0 Å². The second kappa shape index (κ2) is 7.75. The van der Waals surface area contributed by atoms with Crippen molar-refractivity contribution in [1.82, 2.24) is 0 Å². The van der Waals surface area contributed by atoms with Gasteiger partial charge >= 0.3 is 0 Å². The summed E-state index contributed by atoms with van der Waals surface area (Å²) in [7, 11) is 1.71. The average Bonchev–Trinajstić information content (AvgIpc) is 3.49. The number of rotatable bonds is 8. The Morgan fingerprint density at radius 2 is 1.33 bits per heavy atom. The van der Waals surface area contributed by atoms with Crippen LogP contribution in [0.25, 0.3) is 0 Å². The van der Waals surface area contributed by atoms with Gasteiger partial charge in [0.2, 0.25) is 0 Å². The van der Waals surface area contributed by atoms with Crippen molar-refractivity contribution >= 4 is 0 Å². The maximum atomic E-state index is 6.42. The van der Waals surface area contributed by atoms with Crippen LogP contribution in [0.4, 0.5) is 0 Å². The smallest absolute Gasteiger partial charge is 0.183 e. The standard InChI is InChI=1S/C24H34O3/c1-25-23-8-6-18(7-9-23)24(26-14-21-12-16-2-4-19(21)10-16)27-15-22-13-17-3-5-20(22)11-17/h6-9,16-17,19-22,24H,2-5,10-15H2,1H3/t16-,17+,19-,20-,21+,22-,24?/m1/s1. The van der Waals surface area contributed by atoms with Crippen molar-refractivity contribution in [1.29, 1.82) is 0 Å². The second-order valence-corrected chi connectivity index (χ2v) is 9.64. The Labute approximate surface area is 163 Å². The summed E-state index contributed by atoms with van der Waals surface area (Å²) in [4.78, 5) is 0. The van der Waals surface area contributed by atoms with Gasteiger partial charge < -0.3 is 14.2 Å².